The Morgan fingerprint density at radius 1 is 1.43 bits per heavy atom. The van der Waals surface area contributed by atoms with E-state index in [-0.39, 0.29) is 4.73 Å². The van der Waals surface area contributed by atoms with E-state index in [1.165, 1.54) is 6.07 Å². The maximum absolute atomic E-state index is 12.1. The van der Waals surface area contributed by atoms with E-state index >= 15 is 0 Å². The Balaban J connectivity index is 3.15. The third-order valence-corrected chi connectivity index (χ3v) is 1.75. The van der Waals surface area contributed by atoms with Gasteiger partial charge in [0.15, 0.2) is 6.20 Å². The monoisotopic (exact) mass is 206 g/mol. The molecule has 0 radical (unpaired) electrons. The van der Waals surface area contributed by atoms with E-state index in [9.17, 15) is 18.4 Å². The molecule has 0 aliphatic rings. The van der Waals surface area contributed by atoms with Crippen molar-refractivity contribution >= 4 is 0 Å². The summed E-state index contributed by atoms with van der Waals surface area (Å²) in [6.07, 6.45) is -3.79. The van der Waals surface area contributed by atoms with E-state index in [1.807, 2.05) is 0 Å². The smallest absolute Gasteiger partial charge is 0.478 e. The highest BCUT2D eigenvalue weighted by atomic mass is 19.4. The van der Waals surface area contributed by atoms with Gasteiger partial charge in [0.2, 0.25) is 0 Å². The number of nitrogens with zero attached hydrogens (tertiary/aromatic N) is 1. The fourth-order valence-corrected chi connectivity index (χ4v) is 0.985. The van der Waals surface area contributed by atoms with Crippen molar-refractivity contribution in [2.24, 2.45) is 5.73 Å². The number of hydrogen-bond donors (Lipinski definition) is 1. The zero-order valence-electron chi connectivity index (χ0n) is 7.38. The Labute approximate surface area is 78.5 Å². The van der Waals surface area contributed by atoms with Gasteiger partial charge in [-0.15, -0.1) is 0 Å². The van der Waals surface area contributed by atoms with Gasteiger partial charge in [-0.05, 0) is 13.0 Å². The number of aromatic nitrogens is 1. The molecule has 0 saturated carbocycles. The molecule has 1 atom stereocenters. The molecule has 0 aromatic carbocycles. The molecule has 2 N–H and O–H groups in total. The molecular weight excluding hydrogens is 197 g/mol. The predicted molar refractivity (Wildman–Crippen MR) is 43.0 cm³/mol. The molecule has 0 saturated heterocycles. The first-order valence-corrected chi connectivity index (χ1v) is 3.88. The minimum atomic E-state index is -4.63. The average Bonchev–Trinajstić information content (AvgIpc) is 2.01. The van der Waals surface area contributed by atoms with Gasteiger partial charge in [-0.25, -0.2) is 0 Å². The summed E-state index contributed by atoms with van der Waals surface area (Å²) in [6.45, 7) is 1.59. The third-order valence-electron chi connectivity index (χ3n) is 1.75. The van der Waals surface area contributed by atoms with Crippen LogP contribution in [0.25, 0.3) is 0 Å². The molecule has 1 heterocycles. The summed E-state index contributed by atoms with van der Waals surface area (Å²) in [6, 6.07) is 1.46. The second-order valence-electron chi connectivity index (χ2n) is 2.96. The molecule has 6 heteroatoms. The van der Waals surface area contributed by atoms with E-state index in [4.69, 9.17) is 5.73 Å². The Morgan fingerprint density at radius 3 is 2.36 bits per heavy atom. The van der Waals surface area contributed by atoms with Gasteiger partial charge >= 0.3 is 6.18 Å². The van der Waals surface area contributed by atoms with Crippen LogP contribution in [0.5, 0.6) is 0 Å². The number of rotatable bonds is 1. The highest BCUT2D eigenvalue weighted by molar-refractivity contribution is 5.14. The molecule has 3 nitrogen and oxygen atoms in total. The lowest BCUT2D eigenvalue weighted by Gasteiger charge is -2.10. The van der Waals surface area contributed by atoms with E-state index in [1.54, 1.807) is 6.92 Å². The van der Waals surface area contributed by atoms with Crippen molar-refractivity contribution < 1.29 is 17.9 Å². The molecule has 1 aromatic heterocycles. The Morgan fingerprint density at radius 2 is 2.00 bits per heavy atom. The van der Waals surface area contributed by atoms with Gasteiger partial charge in [0.1, 0.15) is 0 Å². The molecule has 0 unspecified atom stereocenters. The molecule has 0 fully saturated rings. The van der Waals surface area contributed by atoms with Crippen molar-refractivity contribution in [1.29, 1.82) is 0 Å². The Hall–Kier alpha value is -1.30. The third kappa shape index (κ3) is 2.14. The van der Waals surface area contributed by atoms with Crippen LogP contribution in [0.1, 0.15) is 24.2 Å². The van der Waals surface area contributed by atoms with Crippen LogP contribution in [0.15, 0.2) is 18.3 Å². The summed E-state index contributed by atoms with van der Waals surface area (Å²) in [4.78, 5) is 0. The van der Waals surface area contributed by atoms with E-state index in [0.717, 1.165) is 12.3 Å². The van der Waals surface area contributed by atoms with E-state index < -0.39 is 17.9 Å². The molecule has 0 aliphatic heterocycles. The zero-order valence-corrected chi connectivity index (χ0v) is 7.38. The minimum absolute atomic E-state index is 0.210. The van der Waals surface area contributed by atoms with Gasteiger partial charge in [-0.2, -0.15) is 17.9 Å². The Bertz CT molecular complexity index is 336. The maximum atomic E-state index is 12.1. The van der Waals surface area contributed by atoms with Crippen LogP contribution >= 0.6 is 0 Å². The van der Waals surface area contributed by atoms with E-state index in [2.05, 4.69) is 0 Å². The minimum Gasteiger partial charge on any atom is -0.618 e. The van der Waals surface area contributed by atoms with Crippen molar-refractivity contribution in [2.45, 2.75) is 19.1 Å². The van der Waals surface area contributed by atoms with Crippen molar-refractivity contribution in [1.82, 2.24) is 0 Å². The zero-order chi connectivity index (χ0) is 10.9. The van der Waals surface area contributed by atoms with Crippen molar-refractivity contribution in [3.63, 3.8) is 0 Å². The normalized spacial score (nSPS) is 14.1. The average molecular weight is 206 g/mol. The van der Waals surface area contributed by atoms with Crippen LogP contribution in [0, 0.1) is 5.21 Å². The van der Waals surface area contributed by atoms with Crippen molar-refractivity contribution in [2.75, 3.05) is 0 Å². The van der Waals surface area contributed by atoms with Crippen molar-refractivity contribution in [3.8, 4) is 0 Å². The second-order valence-corrected chi connectivity index (χ2v) is 2.96. The van der Waals surface area contributed by atoms with Gasteiger partial charge in [0.05, 0.1) is 0 Å². The summed E-state index contributed by atoms with van der Waals surface area (Å²) in [5.41, 5.74) is 4.54. The molecule has 0 aliphatic carbocycles. The lowest BCUT2D eigenvalue weighted by atomic mass is 10.1. The van der Waals surface area contributed by atoms with Gasteiger partial charge in [-0.1, -0.05) is 0 Å². The molecule has 1 aromatic rings. The van der Waals surface area contributed by atoms with Crippen LogP contribution in [-0.2, 0) is 6.18 Å². The highest BCUT2D eigenvalue weighted by Gasteiger charge is 2.39. The van der Waals surface area contributed by atoms with Crippen LogP contribution in [0.2, 0.25) is 0 Å². The fraction of sp³-hybridized carbons (Fsp3) is 0.375. The standard InChI is InChI=1S/C8H9F3N2O/c1-5(12)6-2-3-7(8(9,10)11)13(14)4-6/h2-5H,12H2,1H3/t5-/m0/s1. The molecule has 14 heavy (non-hydrogen) atoms. The molecule has 0 bridgehead atoms. The summed E-state index contributed by atoms with van der Waals surface area (Å²) in [7, 11) is 0. The van der Waals surface area contributed by atoms with Gasteiger partial charge < -0.3 is 10.9 Å². The molecule has 0 amide bonds. The summed E-state index contributed by atoms with van der Waals surface area (Å²) >= 11 is 0. The van der Waals surface area contributed by atoms with Crippen molar-refractivity contribution in [3.05, 3.63) is 34.8 Å². The SMILES string of the molecule is C[C@H](N)c1ccc(C(F)(F)F)[n+]([O-])c1. The summed E-state index contributed by atoms with van der Waals surface area (Å²) < 4.78 is 36.2. The summed E-state index contributed by atoms with van der Waals surface area (Å²) in [5, 5.41) is 10.9. The second kappa shape index (κ2) is 3.45. The van der Waals surface area contributed by atoms with Crippen LogP contribution in [0.4, 0.5) is 13.2 Å². The number of halogens is 3. The summed E-state index contributed by atoms with van der Waals surface area (Å²) in [5.74, 6) is 0. The van der Waals surface area contributed by atoms with Crippen LogP contribution in [0.3, 0.4) is 0 Å². The number of pyridine rings is 1. The first kappa shape index (κ1) is 10.8. The largest absolute Gasteiger partial charge is 0.618 e. The molecule has 78 valence electrons. The number of hydrogen-bond acceptors (Lipinski definition) is 2. The first-order chi connectivity index (χ1) is 6.32. The lowest BCUT2D eigenvalue weighted by Crippen LogP contribution is -2.37. The quantitative estimate of drug-likeness (QED) is 0.557. The number of nitrogens with two attached hydrogens (primary N) is 1. The first-order valence-electron chi connectivity index (χ1n) is 3.88. The van der Waals surface area contributed by atoms with E-state index in [0.29, 0.717) is 5.56 Å². The lowest BCUT2D eigenvalue weighted by molar-refractivity contribution is -0.629. The Kier molecular flexibility index (Phi) is 2.66. The van der Waals surface area contributed by atoms with Gasteiger partial charge in [0, 0.05) is 17.7 Å². The molecule has 0 spiro atoms. The number of alkyl halides is 3. The highest BCUT2D eigenvalue weighted by Crippen LogP contribution is 2.26. The van der Waals surface area contributed by atoms with Gasteiger partial charge in [-0.3, -0.25) is 0 Å². The predicted octanol–water partition coefficient (Wildman–Crippen LogP) is 1.36. The molecule has 1 rings (SSSR count). The maximum Gasteiger partial charge on any atom is 0.478 e. The fourth-order valence-electron chi connectivity index (χ4n) is 0.985. The topological polar surface area (TPSA) is 53.0 Å². The van der Waals surface area contributed by atoms with Crippen LogP contribution < -0.4 is 10.5 Å². The molecular formula is C8H9F3N2O. The van der Waals surface area contributed by atoms with Gasteiger partial charge in [0.25, 0.3) is 5.69 Å². The van der Waals surface area contributed by atoms with Crippen LogP contribution in [-0.4, -0.2) is 0 Å².